The number of carbonyl (C=O) groups is 2. The topological polar surface area (TPSA) is 79.7 Å². The minimum absolute atomic E-state index is 0.105. The second-order valence-electron chi connectivity index (χ2n) is 7.14. The van der Waals surface area contributed by atoms with Crippen LogP contribution in [0.1, 0.15) is 49.1 Å². The number of methoxy groups -OCH3 is 1. The maximum Gasteiger partial charge on any atom is 0.313 e. The number of ether oxygens (including phenoxy) is 1. The third-order valence-electron chi connectivity index (χ3n) is 4.10. The van der Waals surface area contributed by atoms with Gasteiger partial charge >= 0.3 is 5.97 Å². The molecule has 2 heterocycles. The third kappa shape index (κ3) is 3.72. The fourth-order valence-corrected chi connectivity index (χ4v) is 3.70. The van der Waals surface area contributed by atoms with Crippen molar-refractivity contribution < 1.29 is 19.4 Å². The first-order chi connectivity index (χ1) is 10.7. The van der Waals surface area contributed by atoms with Crippen molar-refractivity contribution in [3.05, 3.63) is 16.1 Å². The number of carboxylic acid groups (broad SMARTS) is 1. The lowest BCUT2D eigenvalue weighted by molar-refractivity contribution is -0.155. The highest BCUT2D eigenvalue weighted by atomic mass is 32.1. The molecule has 2 rings (SSSR count). The Morgan fingerprint density at radius 3 is 2.70 bits per heavy atom. The molecule has 1 N–H and O–H groups in total. The van der Waals surface area contributed by atoms with Crippen molar-refractivity contribution in [3.8, 4) is 0 Å². The average molecular weight is 340 g/mol. The summed E-state index contributed by atoms with van der Waals surface area (Å²) in [6.07, 6.45) is 1.17. The van der Waals surface area contributed by atoms with E-state index < -0.39 is 11.4 Å². The van der Waals surface area contributed by atoms with Crippen molar-refractivity contribution >= 4 is 23.2 Å². The molecule has 1 aliphatic heterocycles. The van der Waals surface area contributed by atoms with Crippen LogP contribution < -0.4 is 0 Å². The van der Waals surface area contributed by atoms with Gasteiger partial charge in [0, 0.05) is 31.0 Å². The normalized spacial score (nSPS) is 22.2. The molecular formula is C16H24N2O4S. The van der Waals surface area contributed by atoms with Gasteiger partial charge in [-0.1, -0.05) is 20.8 Å². The molecule has 1 saturated heterocycles. The van der Waals surface area contributed by atoms with Gasteiger partial charge in [-0.25, -0.2) is 4.98 Å². The van der Waals surface area contributed by atoms with Gasteiger partial charge in [0.05, 0.1) is 11.6 Å². The first-order valence-electron chi connectivity index (χ1n) is 7.67. The van der Waals surface area contributed by atoms with Gasteiger partial charge in [-0.05, 0) is 12.8 Å². The van der Waals surface area contributed by atoms with Gasteiger partial charge in [0.25, 0.3) is 5.91 Å². The Kier molecular flexibility index (Phi) is 5.10. The van der Waals surface area contributed by atoms with Crippen LogP contribution in [0.15, 0.2) is 5.38 Å². The van der Waals surface area contributed by atoms with E-state index in [-0.39, 0.29) is 24.5 Å². The number of carboxylic acids is 1. The van der Waals surface area contributed by atoms with Gasteiger partial charge in [-0.2, -0.15) is 0 Å². The largest absolute Gasteiger partial charge is 0.481 e. The molecule has 0 radical (unpaired) electrons. The van der Waals surface area contributed by atoms with Crippen LogP contribution in [0.25, 0.3) is 0 Å². The van der Waals surface area contributed by atoms with Gasteiger partial charge in [0.1, 0.15) is 11.1 Å². The van der Waals surface area contributed by atoms with Gasteiger partial charge in [0.2, 0.25) is 0 Å². The molecule has 1 atom stereocenters. The molecule has 0 aromatic carbocycles. The molecule has 0 bridgehead atoms. The molecule has 1 aliphatic rings. The molecule has 6 nitrogen and oxygen atoms in total. The first kappa shape index (κ1) is 17.9. The number of hydrogen-bond donors (Lipinski definition) is 1. The van der Waals surface area contributed by atoms with Crippen molar-refractivity contribution in [2.24, 2.45) is 5.41 Å². The number of nitrogens with zero attached hydrogens (tertiary/aromatic N) is 2. The molecule has 1 amide bonds. The molecule has 7 heteroatoms. The van der Waals surface area contributed by atoms with Gasteiger partial charge < -0.3 is 14.7 Å². The summed E-state index contributed by atoms with van der Waals surface area (Å²) in [5.41, 5.74) is -0.726. The van der Waals surface area contributed by atoms with Crippen LogP contribution in [0.4, 0.5) is 0 Å². The molecule has 1 aromatic heterocycles. The average Bonchev–Trinajstić information content (AvgIpc) is 2.96. The van der Waals surface area contributed by atoms with Crippen LogP contribution >= 0.6 is 11.3 Å². The summed E-state index contributed by atoms with van der Waals surface area (Å²) in [5, 5.41) is 12.2. The lowest BCUT2D eigenvalue weighted by Crippen LogP contribution is -2.52. The minimum atomic E-state index is -1.02. The van der Waals surface area contributed by atoms with E-state index in [1.807, 2.05) is 0 Å². The fraction of sp³-hybridized carbons (Fsp3) is 0.688. The second-order valence-corrected chi connectivity index (χ2v) is 7.99. The predicted octanol–water partition coefficient (Wildman–Crippen LogP) is 2.39. The molecule has 0 spiro atoms. The Morgan fingerprint density at radius 2 is 2.17 bits per heavy atom. The Morgan fingerprint density at radius 1 is 1.48 bits per heavy atom. The van der Waals surface area contributed by atoms with Crippen LogP contribution in [0.2, 0.25) is 0 Å². The minimum Gasteiger partial charge on any atom is -0.481 e. The number of rotatable bonds is 4. The molecular weight excluding hydrogens is 316 g/mol. The Hall–Kier alpha value is -1.47. The van der Waals surface area contributed by atoms with Crippen LogP contribution in [0.5, 0.6) is 0 Å². The van der Waals surface area contributed by atoms with Crippen LogP contribution in [0.3, 0.4) is 0 Å². The summed E-state index contributed by atoms with van der Waals surface area (Å²) >= 11 is 1.47. The van der Waals surface area contributed by atoms with E-state index in [1.165, 1.54) is 18.4 Å². The van der Waals surface area contributed by atoms with Crippen molar-refractivity contribution in [2.75, 3.05) is 26.8 Å². The van der Waals surface area contributed by atoms with Crippen LogP contribution in [0, 0.1) is 5.41 Å². The van der Waals surface area contributed by atoms with E-state index in [0.717, 1.165) is 5.01 Å². The number of hydrogen-bond acceptors (Lipinski definition) is 5. The SMILES string of the molecule is COCC1(C(=O)O)CCCN(C(=O)c2csc(C(C)(C)C)n2)C1. The lowest BCUT2D eigenvalue weighted by atomic mass is 9.80. The van der Waals surface area contributed by atoms with Gasteiger partial charge in [0.15, 0.2) is 0 Å². The number of aromatic nitrogens is 1. The number of carbonyl (C=O) groups excluding carboxylic acids is 1. The molecule has 1 fully saturated rings. The molecule has 0 saturated carbocycles. The van der Waals surface area contributed by atoms with E-state index in [0.29, 0.717) is 25.1 Å². The lowest BCUT2D eigenvalue weighted by Gasteiger charge is -2.39. The highest BCUT2D eigenvalue weighted by Gasteiger charge is 2.44. The smallest absolute Gasteiger partial charge is 0.313 e. The second kappa shape index (κ2) is 6.57. The Labute approximate surface area is 140 Å². The zero-order chi connectivity index (χ0) is 17.3. The van der Waals surface area contributed by atoms with Gasteiger partial charge in [-0.3, -0.25) is 9.59 Å². The van der Waals surface area contributed by atoms with Crippen LogP contribution in [-0.4, -0.2) is 53.7 Å². The Bertz CT molecular complexity index is 589. The number of piperidine rings is 1. The first-order valence-corrected chi connectivity index (χ1v) is 8.55. The highest BCUT2D eigenvalue weighted by Crippen LogP contribution is 2.32. The number of amides is 1. The van der Waals surface area contributed by atoms with E-state index >= 15 is 0 Å². The highest BCUT2D eigenvalue weighted by molar-refractivity contribution is 7.10. The van der Waals surface area contributed by atoms with Crippen molar-refractivity contribution in [1.82, 2.24) is 9.88 Å². The zero-order valence-electron chi connectivity index (χ0n) is 14.1. The number of aliphatic carboxylic acids is 1. The van der Waals surface area contributed by atoms with Gasteiger partial charge in [-0.15, -0.1) is 11.3 Å². The zero-order valence-corrected chi connectivity index (χ0v) is 14.9. The Balaban J connectivity index is 2.19. The maximum absolute atomic E-state index is 12.7. The summed E-state index contributed by atoms with van der Waals surface area (Å²) in [4.78, 5) is 30.4. The monoisotopic (exact) mass is 340 g/mol. The standard InChI is InChI=1S/C16H24N2O4S/c1-15(2,3)13-17-11(8-23-13)12(19)18-7-5-6-16(9-18,10-22-4)14(20)21/h8H,5-7,9-10H2,1-4H3,(H,20,21). The van der Waals surface area contributed by atoms with Crippen LogP contribution in [-0.2, 0) is 14.9 Å². The maximum atomic E-state index is 12.7. The summed E-state index contributed by atoms with van der Waals surface area (Å²) < 4.78 is 5.10. The molecule has 128 valence electrons. The van der Waals surface area contributed by atoms with Crippen molar-refractivity contribution in [1.29, 1.82) is 0 Å². The quantitative estimate of drug-likeness (QED) is 0.910. The third-order valence-corrected chi connectivity index (χ3v) is 5.37. The van der Waals surface area contributed by atoms with E-state index in [9.17, 15) is 14.7 Å². The van der Waals surface area contributed by atoms with E-state index in [2.05, 4.69) is 25.8 Å². The molecule has 1 aromatic rings. The predicted molar refractivity (Wildman–Crippen MR) is 87.9 cm³/mol. The number of thiazole rings is 1. The summed E-state index contributed by atoms with van der Waals surface area (Å²) in [7, 11) is 1.49. The fourth-order valence-electron chi connectivity index (χ4n) is 2.81. The summed E-state index contributed by atoms with van der Waals surface area (Å²) in [6.45, 7) is 6.98. The summed E-state index contributed by atoms with van der Waals surface area (Å²) in [6, 6.07) is 0. The molecule has 0 aliphatic carbocycles. The number of likely N-dealkylation sites (tertiary alicyclic amines) is 1. The summed E-state index contributed by atoms with van der Waals surface area (Å²) in [5.74, 6) is -1.11. The van der Waals surface area contributed by atoms with Crippen molar-refractivity contribution in [2.45, 2.75) is 39.0 Å². The molecule has 23 heavy (non-hydrogen) atoms. The van der Waals surface area contributed by atoms with E-state index in [1.54, 1.807) is 10.3 Å². The van der Waals surface area contributed by atoms with Crippen molar-refractivity contribution in [3.63, 3.8) is 0 Å². The molecule has 1 unspecified atom stereocenters. The van der Waals surface area contributed by atoms with E-state index in [4.69, 9.17) is 4.74 Å².